The maximum Gasteiger partial charge on any atom is 0.220 e. The molecule has 80 valence electrons. The lowest BCUT2D eigenvalue weighted by Gasteiger charge is -2.08. The number of nitrogens with one attached hydrogen (secondary N) is 1. The van der Waals surface area contributed by atoms with Crippen molar-refractivity contribution in [3.63, 3.8) is 0 Å². The molecule has 2 heterocycles. The molecule has 1 N–H and O–H groups in total. The Morgan fingerprint density at radius 3 is 2.93 bits per heavy atom. The number of rotatable bonds is 1. The first-order chi connectivity index (χ1) is 7.33. The molecule has 1 saturated heterocycles. The van der Waals surface area contributed by atoms with E-state index in [0.29, 0.717) is 12.3 Å². The SMILES string of the molecule is O=C1CC(c2cc3c(s2)CCCC3)CN1. The van der Waals surface area contributed by atoms with E-state index in [-0.39, 0.29) is 5.91 Å². The molecule has 1 aliphatic heterocycles. The van der Waals surface area contributed by atoms with Crippen molar-refractivity contribution in [1.29, 1.82) is 0 Å². The van der Waals surface area contributed by atoms with Crippen molar-refractivity contribution in [3.8, 4) is 0 Å². The summed E-state index contributed by atoms with van der Waals surface area (Å²) in [7, 11) is 0. The third-order valence-electron chi connectivity index (χ3n) is 3.40. The molecular weight excluding hydrogens is 206 g/mol. The normalized spacial score (nSPS) is 25.1. The maximum absolute atomic E-state index is 11.2. The van der Waals surface area contributed by atoms with Crippen LogP contribution in [0.3, 0.4) is 0 Å². The lowest BCUT2D eigenvalue weighted by atomic mass is 9.97. The van der Waals surface area contributed by atoms with E-state index in [9.17, 15) is 4.79 Å². The second-order valence-electron chi connectivity index (χ2n) is 4.51. The van der Waals surface area contributed by atoms with Crippen LogP contribution in [0, 0.1) is 0 Å². The van der Waals surface area contributed by atoms with Gasteiger partial charge in [0, 0.05) is 28.6 Å². The molecule has 0 bridgehead atoms. The molecule has 1 atom stereocenters. The number of carbonyl (C=O) groups excluding carboxylic acids is 1. The third-order valence-corrected chi connectivity index (χ3v) is 4.80. The van der Waals surface area contributed by atoms with Crippen molar-refractivity contribution in [1.82, 2.24) is 5.32 Å². The second-order valence-corrected chi connectivity index (χ2v) is 5.68. The molecule has 1 aromatic heterocycles. The van der Waals surface area contributed by atoms with Gasteiger partial charge in [0.25, 0.3) is 0 Å². The van der Waals surface area contributed by atoms with Crippen LogP contribution in [0.5, 0.6) is 0 Å². The van der Waals surface area contributed by atoms with Crippen LogP contribution in [0.1, 0.15) is 40.5 Å². The molecule has 0 radical (unpaired) electrons. The second kappa shape index (κ2) is 3.63. The molecule has 1 unspecified atom stereocenters. The standard InChI is InChI=1S/C12H15NOS/c14-12-6-9(7-13-12)11-5-8-3-1-2-4-10(8)15-11/h5,9H,1-4,6-7H2,(H,13,14). The van der Waals surface area contributed by atoms with Gasteiger partial charge in [-0.25, -0.2) is 0 Å². The molecule has 15 heavy (non-hydrogen) atoms. The van der Waals surface area contributed by atoms with Crippen LogP contribution in [0.2, 0.25) is 0 Å². The Morgan fingerprint density at radius 2 is 2.20 bits per heavy atom. The molecule has 0 spiro atoms. The number of fused-ring (bicyclic) bond motifs is 1. The van der Waals surface area contributed by atoms with Gasteiger partial charge in [0.05, 0.1) is 0 Å². The maximum atomic E-state index is 11.2. The number of carbonyl (C=O) groups is 1. The van der Waals surface area contributed by atoms with E-state index in [1.54, 1.807) is 10.4 Å². The van der Waals surface area contributed by atoms with Crippen molar-refractivity contribution in [2.24, 2.45) is 0 Å². The van der Waals surface area contributed by atoms with Gasteiger partial charge >= 0.3 is 0 Å². The largest absolute Gasteiger partial charge is 0.355 e. The molecule has 0 saturated carbocycles. The summed E-state index contributed by atoms with van der Waals surface area (Å²) in [5.74, 6) is 0.666. The Balaban J connectivity index is 1.86. The van der Waals surface area contributed by atoms with Crippen LogP contribution < -0.4 is 5.32 Å². The van der Waals surface area contributed by atoms with Crippen LogP contribution in [0.25, 0.3) is 0 Å². The van der Waals surface area contributed by atoms with E-state index >= 15 is 0 Å². The smallest absolute Gasteiger partial charge is 0.220 e. The Labute approximate surface area is 93.7 Å². The number of amides is 1. The van der Waals surface area contributed by atoms with Gasteiger partial charge in [0.2, 0.25) is 5.91 Å². The topological polar surface area (TPSA) is 29.1 Å². The zero-order chi connectivity index (χ0) is 10.3. The summed E-state index contributed by atoms with van der Waals surface area (Å²) < 4.78 is 0. The fourth-order valence-electron chi connectivity index (χ4n) is 2.52. The van der Waals surface area contributed by atoms with E-state index in [1.807, 2.05) is 11.3 Å². The molecule has 3 rings (SSSR count). The molecular formula is C12H15NOS. The average Bonchev–Trinajstić information content (AvgIpc) is 2.82. The minimum atomic E-state index is 0.214. The molecule has 1 aliphatic carbocycles. The van der Waals surface area contributed by atoms with Crippen LogP contribution in [0.15, 0.2) is 6.07 Å². The molecule has 1 amide bonds. The first kappa shape index (κ1) is 9.40. The summed E-state index contributed by atoms with van der Waals surface area (Å²) in [6.07, 6.45) is 5.88. The van der Waals surface area contributed by atoms with Gasteiger partial charge in [0.1, 0.15) is 0 Å². The minimum Gasteiger partial charge on any atom is -0.355 e. The number of aryl methyl sites for hydroxylation is 2. The fourth-order valence-corrected chi connectivity index (χ4v) is 3.88. The Bertz CT molecular complexity index is 373. The number of hydrogen-bond acceptors (Lipinski definition) is 2. The highest BCUT2D eigenvalue weighted by atomic mass is 32.1. The van der Waals surface area contributed by atoms with E-state index in [4.69, 9.17) is 0 Å². The van der Waals surface area contributed by atoms with Crippen molar-refractivity contribution in [2.75, 3.05) is 6.54 Å². The number of thiophene rings is 1. The first-order valence-electron chi connectivity index (χ1n) is 5.71. The Hall–Kier alpha value is -0.830. The van der Waals surface area contributed by atoms with Gasteiger partial charge in [-0.05, 0) is 37.3 Å². The predicted octanol–water partition coefficient (Wildman–Crippen LogP) is 2.23. The minimum absolute atomic E-state index is 0.214. The van der Waals surface area contributed by atoms with Crippen molar-refractivity contribution >= 4 is 17.2 Å². The van der Waals surface area contributed by atoms with Crippen LogP contribution in [-0.4, -0.2) is 12.5 Å². The van der Waals surface area contributed by atoms with Crippen LogP contribution in [-0.2, 0) is 17.6 Å². The third kappa shape index (κ3) is 1.69. The van der Waals surface area contributed by atoms with Crippen molar-refractivity contribution in [3.05, 3.63) is 21.4 Å². The molecule has 1 aromatic rings. The summed E-state index contributed by atoms with van der Waals surface area (Å²) in [5.41, 5.74) is 1.56. The molecule has 3 heteroatoms. The Morgan fingerprint density at radius 1 is 1.33 bits per heavy atom. The fraction of sp³-hybridized carbons (Fsp3) is 0.583. The summed E-state index contributed by atoms with van der Waals surface area (Å²) in [6, 6.07) is 2.35. The molecule has 2 aliphatic rings. The monoisotopic (exact) mass is 221 g/mol. The highest BCUT2D eigenvalue weighted by molar-refractivity contribution is 7.12. The van der Waals surface area contributed by atoms with Gasteiger partial charge in [-0.2, -0.15) is 0 Å². The summed E-state index contributed by atoms with van der Waals surface area (Å²) in [4.78, 5) is 14.2. The summed E-state index contributed by atoms with van der Waals surface area (Å²) >= 11 is 1.94. The summed E-state index contributed by atoms with van der Waals surface area (Å²) in [6.45, 7) is 0.845. The highest BCUT2D eigenvalue weighted by Crippen LogP contribution is 2.35. The van der Waals surface area contributed by atoms with Gasteiger partial charge in [-0.15, -0.1) is 11.3 Å². The van der Waals surface area contributed by atoms with E-state index in [2.05, 4.69) is 11.4 Å². The van der Waals surface area contributed by atoms with Crippen LogP contribution >= 0.6 is 11.3 Å². The van der Waals surface area contributed by atoms with Gasteiger partial charge in [0.15, 0.2) is 0 Å². The lowest BCUT2D eigenvalue weighted by molar-refractivity contribution is -0.119. The lowest BCUT2D eigenvalue weighted by Crippen LogP contribution is -2.13. The van der Waals surface area contributed by atoms with Crippen molar-refractivity contribution in [2.45, 2.75) is 38.0 Å². The molecule has 2 nitrogen and oxygen atoms in total. The zero-order valence-electron chi connectivity index (χ0n) is 8.71. The van der Waals surface area contributed by atoms with E-state index in [1.165, 1.54) is 30.6 Å². The quantitative estimate of drug-likeness (QED) is 0.774. The Kier molecular flexibility index (Phi) is 2.28. The highest BCUT2D eigenvalue weighted by Gasteiger charge is 2.26. The predicted molar refractivity (Wildman–Crippen MR) is 61.3 cm³/mol. The van der Waals surface area contributed by atoms with Gasteiger partial charge < -0.3 is 5.32 Å². The summed E-state index contributed by atoms with van der Waals surface area (Å²) in [5, 5.41) is 2.92. The van der Waals surface area contributed by atoms with Crippen LogP contribution in [0.4, 0.5) is 0 Å². The number of hydrogen-bond donors (Lipinski definition) is 1. The molecule has 1 fully saturated rings. The van der Waals surface area contributed by atoms with Gasteiger partial charge in [-0.3, -0.25) is 4.79 Å². The van der Waals surface area contributed by atoms with E-state index in [0.717, 1.165) is 6.54 Å². The first-order valence-corrected chi connectivity index (χ1v) is 6.53. The molecule has 0 aromatic carbocycles. The van der Waals surface area contributed by atoms with Gasteiger partial charge in [-0.1, -0.05) is 0 Å². The van der Waals surface area contributed by atoms with E-state index < -0.39 is 0 Å². The average molecular weight is 221 g/mol. The zero-order valence-corrected chi connectivity index (χ0v) is 9.53. The van der Waals surface area contributed by atoms with Crippen molar-refractivity contribution < 1.29 is 4.79 Å².